The van der Waals surface area contributed by atoms with Crippen molar-refractivity contribution >= 4 is 40.0 Å². The maximum absolute atomic E-state index is 12.9. The molecule has 3 amide bonds. The number of imide groups is 1. The minimum atomic E-state index is -0.448. The van der Waals surface area contributed by atoms with Gasteiger partial charge in [0.25, 0.3) is 23.7 Å². The molecule has 0 spiro atoms. The smallest absolute Gasteiger partial charge is 0.261 e. The number of hydrogen-bond donors (Lipinski definition) is 1. The van der Waals surface area contributed by atoms with Crippen LogP contribution in [0.1, 0.15) is 62.5 Å². The predicted octanol–water partition coefficient (Wildman–Crippen LogP) is 4.72. The molecule has 172 valence electrons. The third-order valence-corrected chi connectivity index (χ3v) is 6.99. The van der Waals surface area contributed by atoms with E-state index in [0.717, 1.165) is 16.8 Å². The first kappa shape index (κ1) is 22.0. The molecule has 5 rings (SSSR count). The third kappa shape index (κ3) is 3.49. The molecule has 2 aromatic heterocycles. The Balaban J connectivity index is 1.41. The maximum Gasteiger partial charge on any atom is 0.261 e. The van der Waals surface area contributed by atoms with Gasteiger partial charge in [-0.1, -0.05) is 30.7 Å². The first-order valence-electron chi connectivity index (χ1n) is 11.0. The van der Waals surface area contributed by atoms with Crippen molar-refractivity contribution < 1.29 is 14.4 Å². The van der Waals surface area contributed by atoms with Crippen LogP contribution in [-0.2, 0) is 0 Å². The lowest BCUT2D eigenvalue weighted by Gasteiger charge is -2.20. The number of benzene rings is 2. The number of carbonyl (C=O) groups is 3. The zero-order valence-electron chi connectivity index (χ0n) is 19.2. The van der Waals surface area contributed by atoms with Gasteiger partial charge in [-0.15, -0.1) is 16.4 Å². The second-order valence-electron chi connectivity index (χ2n) is 8.52. The number of anilines is 1. The van der Waals surface area contributed by atoms with Crippen LogP contribution in [0.25, 0.3) is 16.2 Å². The van der Waals surface area contributed by atoms with Crippen molar-refractivity contribution in [3.8, 4) is 11.3 Å². The molecule has 9 heteroatoms. The molecule has 1 aliphatic rings. The van der Waals surface area contributed by atoms with E-state index in [1.54, 1.807) is 10.6 Å². The summed E-state index contributed by atoms with van der Waals surface area (Å²) in [5, 5.41) is 9.18. The molecule has 0 bridgehead atoms. The zero-order chi connectivity index (χ0) is 24.1. The molecule has 0 saturated carbocycles. The normalized spacial score (nSPS) is 14.1. The summed E-state index contributed by atoms with van der Waals surface area (Å²) in [6.45, 7) is 7.85. The van der Waals surface area contributed by atoms with Crippen LogP contribution >= 0.6 is 11.3 Å². The Bertz CT molecular complexity index is 1490. The fourth-order valence-corrected chi connectivity index (χ4v) is 5.00. The van der Waals surface area contributed by atoms with Gasteiger partial charge in [0.05, 0.1) is 16.8 Å². The van der Waals surface area contributed by atoms with Crippen molar-refractivity contribution in [2.24, 2.45) is 0 Å². The molecule has 1 aliphatic heterocycles. The Morgan fingerprint density at radius 3 is 2.53 bits per heavy atom. The lowest BCUT2D eigenvalue weighted by Crippen LogP contribution is -2.37. The molecule has 1 N–H and O–H groups in total. The monoisotopic (exact) mass is 473 g/mol. The maximum atomic E-state index is 12.9. The van der Waals surface area contributed by atoms with Gasteiger partial charge in [0.15, 0.2) is 0 Å². The highest BCUT2D eigenvalue weighted by molar-refractivity contribution is 7.15. The highest BCUT2D eigenvalue weighted by Gasteiger charge is 2.38. The summed E-state index contributed by atoms with van der Waals surface area (Å²) in [6, 6.07) is 10.5. The molecular weight excluding hydrogens is 450 g/mol. The molecule has 3 heterocycles. The number of fused-ring (bicyclic) bond motifs is 2. The number of thiazole rings is 1. The zero-order valence-corrected chi connectivity index (χ0v) is 20.1. The van der Waals surface area contributed by atoms with Crippen molar-refractivity contribution in [2.75, 3.05) is 5.32 Å². The SMILES string of the molecule is CCC(C)N1C(=O)c2ccc(C(=O)Nc3nc4scc(-c5ccc(C)cc5C)n4n3)cc2C1=O. The van der Waals surface area contributed by atoms with Crippen LogP contribution in [0.3, 0.4) is 0 Å². The molecule has 0 fully saturated rings. The Morgan fingerprint density at radius 1 is 1.06 bits per heavy atom. The van der Waals surface area contributed by atoms with Crippen molar-refractivity contribution in [3.63, 3.8) is 0 Å². The number of aryl methyl sites for hydroxylation is 2. The largest absolute Gasteiger partial charge is 0.289 e. The topological polar surface area (TPSA) is 96.7 Å². The number of rotatable bonds is 5. The highest BCUT2D eigenvalue weighted by Crippen LogP contribution is 2.30. The van der Waals surface area contributed by atoms with Gasteiger partial charge < -0.3 is 0 Å². The van der Waals surface area contributed by atoms with E-state index in [0.29, 0.717) is 16.9 Å². The number of aromatic nitrogens is 3. The van der Waals surface area contributed by atoms with Crippen molar-refractivity contribution in [1.29, 1.82) is 0 Å². The summed E-state index contributed by atoms with van der Waals surface area (Å²) >= 11 is 1.44. The van der Waals surface area contributed by atoms with Crippen molar-refractivity contribution in [1.82, 2.24) is 19.5 Å². The van der Waals surface area contributed by atoms with E-state index >= 15 is 0 Å². The summed E-state index contributed by atoms with van der Waals surface area (Å²) in [5.41, 5.74) is 5.09. The van der Waals surface area contributed by atoms with Gasteiger partial charge in [0.2, 0.25) is 4.96 Å². The van der Waals surface area contributed by atoms with Crippen LogP contribution in [0.2, 0.25) is 0 Å². The van der Waals surface area contributed by atoms with Gasteiger partial charge in [-0.3, -0.25) is 24.6 Å². The van der Waals surface area contributed by atoms with E-state index in [2.05, 4.69) is 27.5 Å². The Morgan fingerprint density at radius 2 is 1.79 bits per heavy atom. The molecule has 4 aromatic rings. The minimum Gasteiger partial charge on any atom is -0.289 e. The Hall–Kier alpha value is -3.85. The molecular formula is C25H23N5O3S. The van der Waals surface area contributed by atoms with Crippen LogP contribution in [0, 0.1) is 13.8 Å². The summed E-state index contributed by atoms with van der Waals surface area (Å²) in [4.78, 5) is 44.7. The van der Waals surface area contributed by atoms with E-state index in [-0.39, 0.29) is 34.9 Å². The second kappa shape index (κ2) is 8.18. The minimum absolute atomic E-state index is 0.173. The lowest BCUT2D eigenvalue weighted by atomic mass is 10.0. The first-order valence-corrected chi connectivity index (χ1v) is 11.9. The van der Waals surface area contributed by atoms with Crippen LogP contribution in [-0.4, -0.2) is 43.3 Å². The molecule has 1 unspecified atom stereocenters. The summed E-state index contributed by atoms with van der Waals surface area (Å²) in [5.74, 6) is -0.970. The van der Waals surface area contributed by atoms with Gasteiger partial charge in [-0.25, -0.2) is 4.52 Å². The number of carbonyl (C=O) groups excluding carboxylic acids is 3. The average Bonchev–Trinajstić information content (AvgIpc) is 3.45. The van der Waals surface area contributed by atoms with Gasteiger partial charge in [-0.2, -0.15) is 4.98 Å². The quantitative estimate of drug-likeness (QED) is 0.423. The summed E-state index contributed by atoms with van der Waals surface area (Å²) in [7, 11) is 0. The predicted molar refractivity (Wildman–Crippen MR) is 130 cm³/mol. The Labute approximate surface area is 200 Å². The van der Waals surface area contributed by atoms with Crippen LogP contribution in [0.5, 0.6) is 0 Å². The fraction of sp³-hybridized carbons (Fsp3) is 0.240. The van der Waals surface area contributed by atoms with Gasteiger partial charge in [0, 0.05) is 22.5 Å². The Kier molecular flexibility index (Phi) is 5.28. The van der Waals surface area contributed by atoms with Crippen LogP contribution < -0.4 is 5.32 Å². The second-order valence-corrected chi connectivity index (χ2v) is 9.36. The number of nitrogens with one attached hydrogen (secondary N) is 1. The van der Waals surface area contributed by atoms with E-state index in [9.17, 15) is 14.4 Å². The molecule has 0 saturated heterocycles. The first-order chi connectivity index (χ1) is 16.3. The van der Waals surface area contributed by atoms with E-state index < -0.39 is 5.91 Å². The number of hydrogen-bond acceptors (Lipinski definition) is 6. The average molecular weight is 474 g/mol. The van der Waals surface area contributed by atoms with Gasteiger partial charge in [-0.05, 0) is 51.0 Å². The third-order valence-electron chi connectivity index (χ3n) is 6.18. The van der Waals surface area contributed by atoms with E-state index in [1.807, 2.05) is 39.1 Å². The number of amides is 3. The van der Waals surface area contributed by atoms with Crippen LogP contribution in [0.4, 0.5) is 5.95 Å². The molecule has 2 aromatic carbocycles. The van der Waals surface area contributed by atoms with Crippen molar-refractivity contribution in [2.45, 2.75) is 40.2 Å². The molecule has 1 atom stereocenters. The molecule has 0 aliphatic carbocycles. The van der Waals surface area contributed by atoms with Crippen molar-refractivity contribution in [3.05, 3.63) is 69.6 Å². The molecule has 0 radical (unpaired) electrons. The highest BCUT2D eigenvalue weighted by atomic mass is 32.1. The van der Waals surface area contributed by atoms with Gasteiger partial charge in [0.1, 0.15) is 0 Å². The van der Waals surface area contributed by atoms with Crippen LogP contribution in [0.15, 0.2) is 41.8 Å². The van der Waals surface area contributed by atoms with E-state index in [4.69, 9.17) is 0 Å². The van der Waals surface area contributed by atoms with E-state index in [1.165, 1.54) is 33.9 Å². The standard InChI is InChI=1S/C25H23N5O3S/c1-5-15(4)29-22(32)18-9-7-16(11-19(18)23(29)33)21(31)26-24-27-25-30(28-24)20(12-34-25)17-8-6-13(2)10-14(17)3/h6-12,15H,5H2,1-4H3,(H,26,28,31). The lowest BCUT2D eigenvalue weighted by molar-refractivity contribution is 0.0593. The molecule has 8 nitrogen and oxygen atoms in total. The summed E-state index contributed by atoms with van der Waals surface area (Å²) < 4.78 is 1.72. The summed E-state index contributed by atoms with van der Waals surface area (Å²) in [6.07, 6.45) is 0.659. The number of nitrogens with zero attached hydrogens (tertiary/aromatic N) is 4. The molecule has 34 heavy (non-hydrogen) atoms. The van der Waals surface area contributed by atoms with Gasteiger partial charge >= 0.3 is 0 Å². The fourth-order valence-electron chi connectivity index (χ4n) is 4.18.